The predicted octanol–water partition coefficient (Wildman–Crippen LogP) is 3.70. The van der Waals surface area contributed by atoms with E-state index in [0.29, 0.717) is 31.0 Å². The number of carbonyl (C=O) groups excluding carboxylic acids is 1. The Hall–Kier alpha value is -2.12. The van der Waals surface area contributed by atoms with Crippen LogP contribution < -0.4 is 0 Å². The zero-order valence-corrected chi connectivity index (χ0v) is 12.8. The zero-order valence-electron chi connectivity index (χ0n) is 12.8. The maximum absolute atomic E-state index is 13.9. The number of carbonyl (C=O) groups is 2. The average Bonchev–Trinajstić information content (AvgIpc) is 2.52. The molecule has 1 heterocycles. The van der Waals surface area contributed by atoms with Gasteiger partial charge in [0, 0.05) is 19.0 Å². The molecule has 1 aromatic carbocycles. The normalized spacial score (nSPS) is 18.5. The van der Waals surface area contributed by atoms with E-state index in [2.05, 4.69) is 0 Å². The second-order valence-electron chi connectivity index (χ2n) is 5.77. The fourth-order valence-corrected chi connectivity index (χ4v) is 2.88. The Morgan fingerprint density at radius 2 is 1.96 bits per heavy atom. The van der Waals surface area contributed by atoms with Crippen molar-refractivity contribution in [2.75, 3.05) is 6.54 Å². The summed E-state index contributed by atoms with van der Waals surface area (Å²) in [6, 6.07) is 1.33. The highest BCUT2D eigenvalue weighted by atomic mass is 19.4. The van der Waals surface area contributed by atoms with E-state index in [9.17, 15) is 27.2 Å². The van der Waals surface area contributed by atoms with Gasteiger partial charge in [0.05, 0.1) is 11.1 Å². The summed E-state index contributed by atoms with van der Waals surface area (Å²) in [6.45, 7) is 0.277. The molecule has 1 N–H and O–H groups in total. The number of halogens is 4. The van der Waals surface area contributed by atoms with Gasteiger partial charge >= 0.3 is 12.1 Å². The lowest BCUT2D eigenvalue weighted by Crippen LogP contribution is -2.44. The average molecular weight is 347 g/mol. The van der Waals surface area contributed by atoms with E-state index < -0.39 is 41.0 Å². The van der Waals surface area contributed by atoms with E-state index in [1.54, 1.807) is 0 Å². The van der Waals surface area contributed by atoms with Crippen molar-refractivity contribution in [3.8, 4) is 0 Å². The molecule has 1 fully saturated rings. The van der Waals surface area contributed by atoms with Crippen LogP contribution in [-0.2, 0) is 11.0 Å². The van der Waals surface area contributed by atoms with Crippen LogP contribution >= 0.6 is 0 Å². The molecule has 24 heavy (non-hydrogen) atoms. The van der Waals surface area contributed by atoms with E-state index in [1.807, 2.05) is 0 Å². The summed E-state index contributed by atoms with van der Waals surface area (Å²) in [6.07, 6.45) is -2.64. The lowest BCUT2D eigenvalue weighted by Gasteiger charge is -2.36. The van der Waals surface area contributed by atoms with E-state index in [-0.39, 0.29) is 19.4 Å². The first-order valence-electron chi connectivity index (χ1n) is 7.59. The number of benzene rings is 1. The highest BCUT2D eigenvalue weighted by Crippen LogP contribution is 2.31. The molecule has 0 saturated carbocycles. The Labute approximate surface area is 136 Å². The zero-order chi connectivity index (χ0) is 17.9. The number of nitrogens with zero attached hydrogens (tertiary/aromatic N) is 1. The lowest BCUT2D eigenvalue weighted by molar-refractivity contribution is -0.138. The highest BCUT2D eigenvalue weighted by Gasteiger charge is 2.34. The van der Waals surface area contributed by atoms with Crippen LogP contribution in [0.3, 0.4) is 0 Å². The topological polar surface area (TPSA) is 57.6 Å². The van der Waals surface area contributed by atoms with E-state index >= 15 is 0 Å². The van der Waals surface area contributed by atoms with Gasteiger partial charge < -0.3 is 10.0 Å². The van der Waals surface area contributed by atoms with Gasteiger partial charge in [-0.3, -0.25) is 9.59 Å². The Morgan fingerprint density at radius 3 is 2.58 bits per heavy atom. The summed E-state index contributed by atoms with van der Waals surface area (Å²) in [5.74, 6) is -2.86. The Bertz CT molecular complexity index is 630. The predicted molar refractivity (Wildman–Crippen MR) is 76.9 cm³/mol. The van der Waals surface area contributed by atoms with Crippen LogP contribution in [0.4, 0.5) is 17.6 Å². The summed E-state index contributed by atoms with van der Waals surface area (Å²) in [4.78, 5) is 24.5. The van der Waals surface area contributed by atoms with Gasteiger partial charge in [-0.2, -0.15) is 13.2 Å². The van der Waals surface area contributed by atoms with Crippen molar-refractivity contribution >= 4 is 11.9 Å². The van der Waals surface area contributed by atoms with E-state index in [1.165, 1.54) is 4.90 Å². The molecule has 0 aliphatic carbocycles. The van der Waals surface area contributed by atoms with Crippen LogP contribution in [-0.4, -0.2) is 34.5 Å². The second kappa shape index (κ2) is 7.19. The van der Waals surface area contributed by atoms with Crippen molar-refractivity contribution in [2.45, 2.75) is 44.3 Å². The lowest BCUT2D eigenvalue weighted by atomic mass is 9.96. The molecule has 1 atom stereocenters. The first kappa shape index (κ1) is 18.2. The molecule has 0 spiro atoms. The quantitative estimate of drug-likeness (QED) is 0.845. The van der Waals surface area contributed by atoms with Gasteiger partial charge in [0.2, 0.25) is 0 Å². The number of aliphatic carboxylic acids is 1. The molecule has 1 aliphatic rings. The molecule has 1 aliphatic heterocycles. The molecule has 1 aromatic rings. The van der Waals surface area contributed by atoms with Crippen LogP contribution in [0.25, 0.3) is 0 Å². The molecule has 1 saturated heterocycles. The monoisotopic (exact) mass is 347 g/mol. The van der Waals surface area contributed by atoms with Crippen LogP contribution in [0.5, 0.6) is 0 Å². The fourth-order valence-electron chi connectivity index (χ4n) is 2.88. The molecule has 8 heteroatoms. The number of rotatable bonds is 4. The van der Waals surface area contributed by atoms with Crippen molar-refractivity contribution in [3.63, 3.8) is 0 Å². The molecule has 1 amide bonds. The molecule has 1 unspecified atom stereocenters. The number of hydrogen-bond donors (Lipinski definition) is 1. The van der Waals surface area contributed by atoms with Gasteiger partial charge in [-0.05, 0) is 43.9 Å². The van der Waals surface area contributed by atoms with Crippen molar-refractivity contribution < 1.29 is 32.3 Å². The third-order valence-corrected chi connectivity index (χ3v) is 4.10. The fraction of sp³-hybridized carbons (Fsp3) is 0.500. The van der Waals surface area contributed by atoms with Gasteiger partial charge in [-0.15, -0.1) is 0 Å². The number of carboxylic acid groups (broad SMARTS) is 1. The van der Waals surface area contributed by atoms with Crippen molar-refractivity contribution in [1.29, 1.82) is 0 Å². The Balaban J connectivity index is 2.26. The summed E-state index contributed by atoms with van der Waals surface area (Å²) in [5, 5.41) is 8.77. The van der Waals surface area contributed by atoms with Gasteiger partial charge in [-0.25, -0.2) is 4.39 Å². The first-order chi connectivity index (χ1) is 11.2. The van der Waals surface area contributed by atoms with E-state index in [0.717, 1.165) is 6.42 Å². The number of likely N-dealkylation sites (tertiary alicyclic amines) is 1. The Morgan fingerprint density at radius 1 is 1.25 bits per heavy atom. The number of alkyl halides is 3. The Kier molecular flexibility index (Phi) is 5.46. The third-order valence-electron chi connectivity index (χ3n) is 4.10. The number of piperidine rings is 1. The highest BCUT2D eigenvalue weighted by molar-refractivity contribution is 5.95. The van der Waals surface area contributed by atoms with Crippen molar-refractivity contribution in [3.05, 3.63) is 35.1 Å². The molecular weight excluding hydrogens is 330 g/mol. The summed E-state index contributed by atoms with van der Waals surface area (Å²) in [7, 11) is 0. The third kappa shape index (κ3) is 4.24. The number of carboxylic acids is 1. The minimum atomic E-state index is -4.67. The standard InChI is InChI=1S/C16H17F4NO3/c17-13-6-4-10(16(18,19)20)9-12(13)15(24)21-8-2-1-3-11(21)5-7-14(22)23/h4,6,9,11H,1-3,5,7-8H2,(H,22,23). The van der Waals surface area contributed by atoms with Crippen molar-refractivity contribution in [2.24, 2.45) is 0 Å². The number of hydrogen-bond acceptors (Lipinski definition) is 2. The molecule has 132 valence electrons. The van der Waals surface area contributed by atoms with Crippen LogP contribution in [0.15, 0.2) is 18.2 Å². The van der Waals surface area contributed by atoms with Gasteiger partial charge in [0.15, 0.2) is 0 Å². The summed E-state index contributed by atoms with van der Waals surface area (Å²) in [5.41, 5.74) is -1.72. The maximum Gasteiger partial charge on any atom is 0.416 e. The molecular formula is C16H17F4NO3. The second-order valence-corrected chi connectivity index (χ2v) is 5.77. The van der Waals surface area contributed by atoms with Gasteiger partial charge in [-0.1, -0.05) is 0 Å². The molecule has 4 nitrogen and oxygen atoms in total. The molecule has 0 radical (unpaired) electrons. The molecule has 2 rings (SSSR count). The smallest absolute Gasteiger partial charge is 0.416 e. The summed E-state index contributed by atoms with van der Waals surface area (Å²) >= 11 is 0. The van der Waals surface area contributed by atoms with Crippen LogP contribution in [0.2, 0.25) is 0 Å². The largest absolute Gasteiger partial charge is 0.481 e. The summed E-state index contributed by atoms with van der Waals surface area (Å²) < 4.78 is 52.2. The molecule has 0 aromatic heterocycles. The van der Waals surface area contributed by atoms with Gasteiger partial charge in [0.1, 0.15) is 5.82 Å². The van der Waals surface area contributed by atoms with Crippen LogP contribution in [0, 0.1) is 5.82 Å². The van der Waals surface area contributed by atoms with Gasteiger partial charge in [0.25, 0.3) is 5.91 Å². The van der Waals surface area contributed by atoms with Crippen LogP contribution in [0.1, 0.15) is 48.0 Å². The molecule has 0 bridgehead atoms. The maximum atomic E-state index is 13.9. The minimum absolute atomic E-state index is 0.153. The first-order valence-corrected chi connectivity index (χ1v) is 7.59. The van der Waals surface area contributed by atoms with Crippen molar-refractivity contribution in [1.82, 2.24) is 4.90 Å². The minimum Gasteiger partial charge on any atom is -0.481 e. The number of amides is 1. The SMILES string of the molecule is O=C(O)CCC1CCCCN1C(=O)c1cc(C(F)(F)F)ccc1F. The van der Waals surface area contributed by atoms with E-state index in [4.69, 9.17) is 5.11 Å².